The molecule has 0 spiro atoms. The SMILES string of the molecule is Cc1cccc(NCc2c(C)oc3ccccc23)c1Br. The van der Waals surface area contributed by atoms with Crippen molar-refractivity contribution < 1.29 is 4.42 Å². The Hall–Kier alpha value is -1.74. The number of hydrogen-bond acceptors (Lipinski definition) is 2. The summed E-state index contributed by atoms with van der Waals surface area (Å²) in [5, 5.41) is 4.66. The van der Waals surface area contributed by atoms with Gasteiger partial charge in [0.15, 0.2) is 0 Å². The number of halogens is 1. The molecule has 3 aromatic rings. The molecule has 0 bridgehead atoms. The van der Waals surface area contributed by atoms with E-state index in [9.17, 15) is 0 Å². The molecule has 0 aliphatic rings. The average Bonchev–Trinajstić information content (AvgIpc) is 2.76. The zero-order valence-corrected chi connectivity index (χ0v) is 13.1. The van der Waals surface area contributed by atoms with Crippen LogP contribution in [-0.4, -0.2) is 0 Å². The van der Waals surface area contributed by atoms with E-state index in [-0.39, 0.29) is 0 Å². The summed E-state index contributed by atoms with van der Waals surface area (Å²) in [6.45, 7) is 4.86. The van der Waals surface area contributed by atoms with Gasteiger partial charge in [-0.1, -0.05) is 30.3 Å². The fraction of sp³-hybridized carbons (Fsp3) is 0.176. The van der Waals surface area contributed by atoms with Crippen LogP contribution >= 0.6 is 15.9 Å². The predicted molar refractivity (Wildman–Crippen MR) is 87.2 cm³/mol. The Morgan fingerprint density at radius 2 is 1.85 bits per heavy atom. The summed E-state index contributed by atoms with van der Waals surface area (Å²) in [6, 6.07) is 14.4. The zero-order chi connectivity index (χ0) is 14.1. The number of aryl methyl sites for hydroxylation is 2. The van der Waals surface area contributed by atoms with Crippen molar-refractivity contribution >= 4 is 32.6 Å². The van der Waals surface area contributed by atoms with E-state index in [4.69, 9.17) is 4.42 Å². The van der Waals surface area contributed by atoms with Crippen LogP contribution in [0, 0.1) is 13.8 Å². The minimum Gasteiger partial charge on any atom is -0.461 e. The van der Waals surface area contributed by atoms with Crippen LogP contribution in [0.15, 0.2) is 51.4 Å². The molecule has 0 atom stereocenters. The summed E-state index contributed by atoms with van der Waals surface area (Å²) >= 11 is 3.63. The van der Waals surface area contributed by atoms with Gasteiger partial charge in [-0.2, -0.15) is 0 Å². The number of rotatable bonds is 3. The summed E-state index contributed by atoms with van der Waals surface area (Å²) < 4.78 is 6.91. The monoisotopic (exact) mass is 329 g/mol. The molecule has 2 aromatic carbocycles. The van der Waals surface area contributed by atoms with Crippen molar-refractivity contribution in [2.45, 2.75) is 20.4 Å². The molecule has 20 heavy (non-hydrogen) atoms. The maximum atomic E-state index is 5.79. The van der Waals surface area contributed by atoms with Crippen molar-refractivity contribution in [3.05, 3.63) is 63.8 Å². The first-order valence-corrected chi connectivity index (χ1v) is 7.42. The van der Waals surface area contributed by atoms with Crippen molar-refractivity contribution in [2.75, 3.05) is 5.32 Å². The summed E-state index contributed by atoms with van der Waals surface area (Å²) in [4.78, 5) is 0. The summed E-state index contributed by atoms with van der Waals surface area (Å²) in [6.07, 6.45) is 0. The van der Waals surface area contributed by atoms with Crippen molar-refractivity contribution in [1.82, 2.24) is 0 Å². The standard InChI is InChI=1S/C17H16BrNO/c1-11-6-5-8-15(17(11)18)19-10-14-12(2)20-16-9-4-3-7-13(14)16/h3-9,19H,10H2,1-2H3. The van der Waals surface area contributed by atoms with E-state index in [1.807, 2.05) is 25.1 Å². The van der Waals surface area contributed by atoms with Crippen LogP contribution < -0.4 is 5.32 Å². The molecule has 0 saturated heterocycles. The van der Waals surface area contributed by atoms with E-state index in [1.165, 1.54) is 16.5 Å². The molecule has 0 aliphatic heterocycles. The van der Waals surface area contributed by atoms with Crippen LogP contribution in [0.4, 0.5) is 5.69 Å². The molecule has 2 nitrogen and oxygen atoms in total. The summed E-state index contributed by atoms with van der Waals surface area (Å²) in [7, 11) is 0. The highest BCUT2D eigenvalue weighted by atomic mass is 79.9. The van der Waals surface area contributed by atoms with Gasteiger partial charge < -0.3 is 9.73 Å². The van der Waals surface area contributed by atoms with E-state index >= 15 is 0 Å². The Labute approximate surface area is 126 Å². The minimum absolute atomic E-state index is 0.755. The van der Waals surface area contributed by atoms with Crippen LogP contribution in [0.1, 0.15) is 16.9 Å². The Bertz CT molecular complexity index is 761. The number of anilines is 1. The number of para-hydroxylation sites is 1. The van der Waals surface area contributed by atoms with Gasteiger partial charge in [0.2, 0.25) is 0 Å². The number of fused-ring (bicyclic) bond motifs is 1. The fourth-order valence-corrected chi connectivity index (χ4v) is 2.81. The third kappa shape index (κ3) is 2.34. The van der Waals surface area contributed by atoms with Gasteiger partial charge in [-0.25, -0.2) is 0 Å². The first kappa shape index (κ1) is 13.3. The lowest BCUT2D eigenvalue weighted by Gasteiger charge is -2.10. The van der Waals surface area contributed by atoms with Crippen LogP contribution in [-0.2, 0) is 6.54 Å². The third-order valence-corrected chi connectivity index (χ3v) is 4.60. The van der Waals surface area contributed by atoms with Gasteiger partial charge in [-0.05, 0) is 47.5 Å². The maximum absolute atomic E-state index is 5.79. The molecule has 0 aliphatic carbocycles. The largest absolute Gasteiger partial charge is 0.461 e. The van der Waals surface area contributed by atoms with Crippen LogP contribution in [0.25, 0.3) is 11.0 Å². The molecule has 0 radical (unpaired) electrons. The number of nitrogens with one attached hydrogen (secondary N) is 1. The Kier molecular flexibility index (Phi) is 3.53. The Balaban J connectivity index is 1.90. The van der Waals surface area contributed by atoms with Crippen LogP contribution in [0.3, 0.4) is 0 Å². The number of benzene rings is 2. The second-order valence-electron chi connectivity index (χ2n) is 4.92. The first-order valence-electron chi connectivity index (χ1n) is 6.63. The molecule has 3 heteroatoms. The quantitative estimate of drug-likeness (QED) is 0.693. The fourth-order valence-electron chi connectivity index (χ4n) is 2.41. The molecule has 0 fully saturated rings. The smallest absolute Gasteiger partial charge is 0.134 e. The van der Waals surface area contributed by atoms with E-state index in [1.54, 1.807) is 0 Å². The van der Waals surface area contributed by atoms with Gasteiger partial charge in [-0.15, -0.1) is 0 Å². The molecule has 0 saturated carbocycles. The van der Waals surface area contributed by atoms with Gasteiger partial charge in [0.25, 0.3) is 0 Å². The highest BCUT2D eigenvalue weighted by molar-refractivity contribution is 9.10. The molecular weight excluding hydrogens is 314 g/mol. The lowest BCUT2D eigenvalue weighted by Crippen LogP contribution is -2.01. The Morgan fingerprint density at radius 1 is 1.05 bits per heavy atom. The maximum Gasteiger partial charge on any atom is 0.134 e. The molecule has 1 heterocycles. The lowest BCUT2D eigenvalue weighted by molar-refractivity contribution is 0.573. The van der Waals surface area contributed by atoms with E-state index < -0.39 is 0 Å². The van der Waals surface area contributed by atoms with Gasteiger partial charge in [0, 0.05) is 27.7 Å². The molecule has 1 aromatic heterocycles. The summed E-state index contributed by atoms with van der Waals surface area (Å²) in [5.41, 5.74) is 4.50. The van der Waals surface area contributed by atoms with E-state index in [2.05, 4.69) is 52.4 Å². The average molecular weight is 330 g/mol. The molecule has 0 unspecified atom stereocenters. The highest BCUT2D eigenvalue weighted by Crippen LogP contribution is 2.29. The second kappa shape index (κ2) is 5.33. The van der Waals surface area contributed by atoms with E-state index in [0.29, 0.717) is 0 Å². The van der Waals surface area contributed by atoms with Crippen LogP contribution in [0.2, 0.25) is 0 Å². The second-order valence-corrected chi connectivity index (χ2v) is 5.72. The minimum atomic E-state index is 0.755. The van der Waals surface area contributed by atoms with Gasteiger partial charge >= 0.3 is 0 Å². The van der Waals surface area contributed by atoms with Gasteiger partial charge in [0.05, 0.1) is 0 Å². The van der Waals surface area contributed by atoms with Crippen molar-refractivity contribution in [1.29, 1.82) is 0 Å². The first-order chi connectivity index (χ1) is 9.66. The zero-order valence-electron chi connectivity index (χ0n) is 11.5. The predicted octanol–water partition coefficient (Wildman–Crippen LogP) is 5.42. The Morgan fingerprint density at radius 3 is 2.70 bits per heavy atom. The summed E-state index contributed by atoms with van der Waals surface area (Å²) in [5.74, 6) is 0.975. The van der Waals surface area contributed by atoms with E-state index in [0.717, 1.165) is 28.0 Å². The number of hydrogen-bond donors (Lipinski definition) is 1. The van der Waals surface area contributed by atoms with Crippen LogP contribution in [0.5, 0.6) is 0 Å². The molecule has 3 rings (SSSR count). The van der Waals surface area contributed by atoms with Crippen molar-refractivity contribution in [3.8, 4) is 0 Å². The molecule has 1 N–H and O–H groups in total. The normalized spacial score (nSPS) is 10.9. The third-order valence-electron chi connectivity index (χ3n) is 3.55. The van der Waals surface area contributed by atoms with Crippen molar-refractivity contribution in [2.24, 2.45) is 0 Å². The van der Waals surface area contributed by atoms with Gasteiger partial charge in [-0.3, -0.25) is 0 Å². The highest BCUT2D eigenvalue weighted by Gasteiger charge is 2.10. The van der Waals surface area contributed by atoms with Gasteiger partial charge in [0.1, 0.15) is 11.3 Å². The topological polar surface area (TPSA) is 25.2 Å². The van der Waals surface area contributed by atoms with Crippen molar-refractivity contribution in [3.63, 3.8) is 0 Å². The molecular formula is C17H16BrNO. The lowest BCUT2D eigenvalue weighted by atomic mass is 10.1. The molecule has 0 amide bonds. The number of furan rings is 1. The molecule has 102 valence electrons.